The first-order chi connectivity index (χ1) is 18.5. The lowest BCUT2D eigenvalue weighted by molar-refractivity contribution is -0.158. The number of hydrogen-bond donors (Lipinski definition) is 9. The summed E-state index contributed by atoms with van der Waals surface area (Å²) in [4.78, 5) is 51.9. The molecule has 1 aromatic carbocycles. The molecule has 0 radical (unpaired) electrons. The molecular formula is C25H25N5O10. The first kappa shape index (κ1) is 28.4. The highest BCUT2D eigenvalue weighted by Gasteiger charge is 2.79. The lowest BCUT2D eigenvalue weighted by Crippen LogP contribution is -2.87. The Labute approximate surface area is 225 Å². The van der Waals surface area contributed by atoms with Crippen LogP contribution in [0.3, 0.4) is 0 Å². The molecule has 0 spiro atoms. The zero-order valence-electron chi connectivity index (χ0n) is 21.0. The number of aliphatic hydroxyl groups is 4. The summed E-state index contributed by atoms with van der Waals surface area (Å²) in [7, 11) is 2.53. The van der Waals surface area contributed by atoms with Crippen LogP contribution in [-0.2, 0) is 19.2 Å². The maximum Gasteiger partial charge on any atom is 0.328 e. The Balaban J connectivity index is 2.18. The Kier molecular flexibility index (Phi) is 6.19. The molecule has 0 aliphatic heterocycles. The van der Waals surface area contributed by atoms with Crippen LogP contribution in [0.2, 0.25) is 0 Å². The first-order valence-corrected chi connectivity index (χ1v) is 11.5. The number of amides is 1. The number of benzene rings is 1. The molecule has 15 nitrogen and oxygen atoms in total. The van der Waals surface area contributed by atoms with Crippen molar-refractivity contribution in [3.63, 3.8) is 0 Å². The molecule has 0 aromatic heterocycles. The number of likely N-dealkylation sites (N-methyl/N-ethyl adjacent to an activating group) is 1. The molecule has 15 heteroatoms. The van der Waals surface area contributed by atoms with E-state index in [1.165, 1.54) is 20.2 Å². The summed E-state index contributed by atoms with van der Waals surface area (Å²) < 4.78 is 0. The minimum absolute atomic E-state index is 0.174. The van der Waals surface area contributed by atoms with Gasteiger partial charge in [-0.05, 0) is 25.7 Å². The molecule has 3 aliphatic carbocycles. The fraction of sp³-hybridized carbons (Fsp3) is 0.320. The van der Waals surface area contributed by atoms with Crippen LogP contribution in [0, 0.1) is 16.7 Å². The summed E-state index contributed by atoms with van der Waals surface area (Å²) >= 11 is 0. The number of carboxylic acid groups (broad SMARTS) is 1. The highest BCUT2D eigenvalue weighted by Crippen LogP contribution is 2.60. The van der Waals surface area contributed by atoms with E-state index in [1.807, 2.05) is 0 Å². The second-order valence-electron chi connectivity index (χ2n) is 10.0. The molecule has 1 aromatic rings. The summed E-state index contributed by atoms with van der Waals surface area (Å²) in [5.74, 6) is -9.15. The number of fused-ring (bicyclic) bond motifs is 3. The van der Waals surface area contributed by atoms with Crippen LogP contribution in [0.1, 0.15) is 22.8 Å². The van der Waals surface area contributed by atoms with Gasteiger partial charge >= 0.3 is 5.97 Å². The summed E-state index contributed by atoms with van der Waals surface area (Å²) in [5.41, 5.74) is 6.29. The fourth-order valence-corrected chi connectivity index (χ4v) is 6.12. The Hall–Kier alpha value is -4.59. The van der Waals surface area contributed by atoms with Crippen LogP contribution < -0.4 is 17.2 Å². The second kappa shape index (κ2) is 8.71. The molecule has 6 atom stereocenters. The van der Waals surface area contributed by atoms with Crippen molar-refractivity contribution in [1.82, 2.24) is 4.90 Å². The Bertz CT molecular complexity index is 1560. The van der Waals surface area contributed by atoms with Gasteiger partial charge in [0.05, 0.1) is 23.2 Å². The Morgan fingerprint density at radius 2 is 1.73 bits per heavy atom. The SMILES string of the molecule is CN(C)[C@@H]1C(=O)C(C(N)=O)=C(O)[C@@]2(C#N)C(=O)C3=C(O)c4c(ccc(/C=C/C(=O)O)c4O)[C@H](O)[C@@]3(N)[C@H](O)[C@@]12N. The predicted molar refractivity (Wildman–Crippen MR) is 134 cm³/mol. The molecule has 0 saturated heterocycles. The Morgan fingerprint density at radius 1 is 1.12 bits per heavy atom. The third-order valence-electron chi connectivity index (χ3n) is 7.89. The number of hydrogen-bond acceptors (Lipinski definition) is 13. The van der Waals surface area contributed by atoms with Gasteiger partial charge in [0.15, 0.2) is 17.0 Å². The molecule has 1 saturated carbocycles. The number of rotatable bonds is 4. The van der Waals surface area contributed by atoms with Crippen LogP contribution >= 0.6 is 0 Å². The highest BCUT2D eigenvalue weighted by molar-refractivity contribution is 6.26. The quantitative estimate of drug-likeness (QED) is 0.137. The molecule has 40 heavy (non-hydrogen) atoms. The van der Waals surface area contributed by atoms with Crippen molar-refractivity contribution in [3.05, 3.63) is 51.8 Å². The van der Waals surface area contributed by atoms with Crippen molar-refractivity contribution < 1.29 is 49.8 Å². The molecule has 1 amide bonds. The van der Waals surface area contributed by atoms with E-state index < -0.39 is 92.2 Å². The minimum Gasteiger partial charge on any atom is -0.509 e. The topological polar surface area (TPSA) is 295 Å². The number of carbonyl (C=O) groups is 4. The maximum absolute atomic E-state index is 14.3. The first-order valence-electron chi connectivity index (χ1n) is 11.5. The summed E-state index contributed by atoms with van der Waals surface area (Å²) in [5, 5.41) is 75.8. The van der Waals surface area contributed by atoms with Crippen molar-refractivity contribution in [3.8, 4) is 11.8 Å². The molecule has 0 heterocycles. The normalized spacial score (nSPS) is 33.5. The van der Waals surface area contributed by atoms with E-state index in [0.29, 0.717) is 6.08 Å². The van der Waals surface area contributed by atoms with Gasteiger partial charge in [-0.2, -0.15) is 5.26 Å². The number of aliphatic carboxylic acids is 1. The molecule has 4 rings (SSSR count). The van der Waals surface area contributed by atoms with Crippen LogP contribution in [0.15, 0.2) is 35.1 Å². The predicted octanol–water partition coefficient (Wildman–Crippen LogP) is -2.54. The number of phenolic OH excluding ortho intramolecular Hbond substituents is 1. The van der Waals surface area contributed by atoms with E-state index >= 15 is 0 Å². The molecule has 210 valence electrons. The van der Waals surface area contributed by atoms with E-state index in [-0.39, 0.29) is 11.1 Å². The average Bonchev–Trinajstić information content (AvgIpc) is 2.85. The van der Waals surface area contributed by atoms with Crippen LogP contribution in [-0.4, -0.2) is 96.3 Å². The molecule has 0 unspecified atom stereocenters. The zero-order chi connectivity index (χ0) is 30.3. The summed E-state index contributed by atoms with van der Waals surface area (Å²) in [6, 6.07) is 1.90. The van der Waals surface area contributed by atoms with Crippen LogP contribution in [0.25, 0.3) is 11.8 Å². The van der Waals surface area contributed by atoms with Gasteiger partial charge in [0.25, 0.3) is 5.91 Å². The second-order valence-corrected chi connectivity index (χ2v) is 10.0. The number of Topliss-reactive ketones (excluding diaryl/α,β-unsaturated/α-hetero) is 2. The number of carbonyl (C=O) groups excluding carboxylic acids is 3. The molecule has 0 bridgehead atoms. The smallest absolute Gasteiger partial charge is 0.328 e. The van der Waals surface area contributed by atoms with E-state index in [4.69, 9.17) is 22.3 Å². The highest BCUT2D eigenvalue weighted by atomic mass is 16.4. The third kappa shape index (κ3) is 3.04. The van der Waals surface area contributed by atoms with Crippen molar-refractivity contribution in [2.75, 3.05) is 14.1 Å². The van der Waals surface area contributed by atoms with Gasteiger partial charge in [-0.25, -0.2) is 4.79 Å². The molecule has 12 N–H and O–H groups in total. The standard InChI is InChI=1S/C25H25N5O10/c1-30(2)17-16(35)12(21(27)39)19(37)23(7-26)20(38)13-15(34)11-9(5-3-8(14(11)33)4-6-10(31)32)18(36)24(13,28)22(40)25(17,23)29/h3-6,17-18,22,33-34,36-37,40H,28-29H2,1-2H3,(H2,27,39)(H,31,32)/b6-4+/t17-,18+,22+,23+,24-,25+/m1/s1. The number of nitrogens with zero attached hydrogens (tertiary/aromatic N) is 2. The van der Waals surface area contributed by atoms with Gasteiger partial charge in [-0.1, -0.05) is 12.1 Å². The third-order valence-corrected chi connectivity index (χ3v) is 7.89. The lowest BCUT2D eigenvalue weighted by atomic mass is 9.45. The number of aromatic hydroxyl groups is 1. The fourth-order valence-electron chi connectivity index (χ4n) is 6.12. The Morgan fingerprint density at radius 3 is 2.23 bits per heavy atom. The van der Waals surface area contributed by atoms with Crippen molar-refractivity contribution in [2.45, 2.75) is 29.3 Å². The minimum atomic E-state index is -3.15. The average molecular weight is 556 g/mol. The van der Waals surface area contributed by atoms with Gasteiger partial charge in [-0.15, -0.1) is 0 Å². The number of nitriles is 1. The van der Waals surface area contributed by atoms with Gasteiger partial charge in [0.1, 0.15) is 46.1 Å². The van der Waals surface area contributed by atoms with Crippen molar-refractivity contribution >= 4 is 35.3 Å². The monoisotopic (exact) mass is 555 g/mol. The van der Waals surface area contributed by atoms with E-state index in [1.54, 1.807) is 0 Å². The number of primary amides is 1. The molecular weight excluding hydrogens is 530 g/mol. The number of aliphatic hydroxyl groups excluding tert-OH is 4. The maximum atomic E-state index is 14.3. The van der Waals surface area contributed by atoms with Crippen molar-refractivity contribution in [2.24, 2.45) is 22.6 Å². The summed E-state index contributed by atoms with van der Waals surface area (Å²) in [6.45, 7) is 0. The number of ketones is 2. The molecule has 1 fully saturated rings. The van der Waals surface area contributed by atoms with E-state index in [0.717, 1.165) is 23.1 Å². The number of carboxylic acids is 1. The zero-order valence-corrected chi connectivity index (χ0v) is 21.0. The number of phenols is 1. The van der Waals surface area contributed by atoms with Crippen LogP contribution in [0.4, 0.5) is 0 Å². The largest absolute Gasteiger partial charge is 0.509 e. The van der Waals surface area contributed by atoms with Crippen molar-refractivity contribution in [1.29, 1.82) is 5.26 Å². The van der Waals surface area contributed by atoms with Gasteiger partial charge < -0.3 is 47.8 Å². The summed E-state index contributed by atoms with van der Waals surface area (Å²) in [6.07, 6.45) is -2.97. The molecule has 3 aliphatic rings. The van der Waals surface area contributed by atoms with Gasteiger partial charge in [0, 0.05) is 11.6 Å². The van der Waals surface area contributed by atoms with Gasteiger partial charge in [0.2, 0.25) is 0 Å². The van der Waals surface area contributed by atoms with Crippen LogP contribution in [0.5, 0.6) is 5.75 Å². The van der Waals surface area contributed by atoms with E-state index in [2.05, 4.69) is 0 Å². The number of nitrogens with two attached hydrogens (primary N) is 3. The van der Waals surface area contributed by atoms with E-state index in [9.17, 15) is 50.0 Å². The van der Waals surface area contributed by atoms with Gasteiger partial charge in [-0.3, -0.25) is 19.3 Å². The lowest BCUT2D eigenvalue weighted by Gasteiger charge is -2.61.